The van der Waals surface area contributed by atoms with Crippen LogP contribution < -0.4 is 0 Å². The standard InChI is InChI=1S/C42H22N2OS2/c1-3-13-37-23(7-1)27-9-5-11-29(41(27)46-37)31-19-33-34-20-32(30-12-6-10-28-24-8-2-4-14-38(24)47-42(28)30)36-22-44-18-16-26(36)40(34)45-39(33)25-15-17-43-21-35(25)31/h1-22H. The van der Waals surface area contributed by atoms with E-state index in [4.69, 9.17) is 4.42 Å². The molecule has 47 heavy (non-hydrogen) atoms. The molecule has 0 amide bonds. The van der Waals surface area contributed by atoms with Crippen LogP contribution in [0, 0.1) is 0 Å². The number of benzene rings is 6. The molecule has 0 atom stereocenters. The van der Waals surface area contributed by atoms with Gasteiger partial charge in [-0.1, -0.05) is 72.8 Å². The van der Waals surface area contributed by atoms with E-state index in [0.29, 0.717) is 0 Å². The van der Waals surface area contributed by atoms with Crippen molar-refractivity contribution in [2.24, 2.45) is 0 Å². The van der Waals surface area contributed by atoms with Crippen LogP contribution in [0.2, 0.25) is 0 Å². The Kier molecular flexibility index (Phi) is 5.14. The lowest BCUT2D eigenvalue weighted by atomic mass is 9.93. The van der Waals surface area contributed by atoms with Crippen molar-refractivity contribution in [2.45, 2.75) is 0 Å². The molecule has 6 aromatic carbocycles. The van der Waals surface area contributed by atoms with Gasteiger partial charge in [0.1, 0.15) is 11.2 Å². The first-order valence-electron chi connectivity index (χ1n) is 15.6. The Labute approximate surface area is 276 Å². The molecular weight excluding hydrogens is 613 g/mol. The molecule has 0 saturated heterocycles. The summed E-state index contributed by atoms with van der Waals surface area (Å²) in [6.45, 7) is 0. The zero-order chi connectivity index (χ0) is 30.6. The molecule has 5 heterocycles. The molecule has 3 nitrogen and oxygen atoms in total. The number of nitrogens with zero attached hydrogens (tertiary/aromatic N) is 2. The molecule has 0 unspecified atom stereocenters. The van der Waals surface area contributed by atoms with Gasteiger partial charge in [0.05, 0.1) is 0 Å². The summed E-state index contributed by atoms with van der Waals surface area (Å²) in [5.74, 6) is 0. The van der Waals surface area contributed by atoms with Crippen molar-refractivity contribution >= 4 is 107 Å². The van der Waals surface area contributed by atoms with E-state index in [-0.39, 0.29) is 0 Å². The molecule has 0 saturated carbocycles. The third kappa shape index (κ3) is 3.50. The summed E-state index contributed by atoms with van der Waals surface area (Å²) in [6, 6.07) is 39.6. The number of hydrogen-bond donors (Lipinski definition) is 0. The van der Waals surface area contributed by atoms with Crippen LogP contribution in [-0.2, 0) is 0 Å². The summed E-state index contributed by atoms with van der Waals surface area (Å²) in [6.07, 6.45) is 7.71. The molecule has 0 fully saturated rings. The van der Waals surface area contributed by atoms with Gasteiger partial charge >= 0.3 is 0 Å². The molecule has 0 radical (unpaired) electrons. The van der Waals surface area contributed by atoms with Gasteiger partial charge in [0, 0.05) is 109 Å². The van der Waals surface area contributed by atoms with Crippen LogP contribution in [0.1, 0.15) is 0 Å². The Bertz CT molecular complexity index is 2880. The second-order valence-electron chi connectivity index (χ2n) is 12.1. The molecule has 5 heteroatoms. The third-order valence-electron chi connectivity index (χ3n) is 9.66. The van der Waals surface area contributed by atoms with Crippen LogP contribution in [0.4, 0.5) is 0 Å². The van der Waals surface area contributed by atoms with Crippen molar-refractivity contribution in [3.8, 4) is 22.3 Å². The average Bonchev–Trinajstić information content (AvgIpc) is 3.82. The highest BCUT2D eigenvalue weighted by Gasteiger charge is 2.21. The fourth-order valence-electron chi connectivity index (χ4n) is 7.57. The number of rotatable bonds is 2. The largest absolute Gasteiger partial charge is 0.455 e. The van der Waals surface area contributed by atoms with Crippen LogP contribution in [0.15, 0.2) is 138 Å². The highest BCUT2D eigenvalue weighted by Crippen LogP contribution is 2.48. The maximum Gasteiger partial charge on any atom is 0.143 e. The Morgan fingerprint density at radius 2 is 0.851 bits per heavy atom. The third-order valence-corrected chi connectivity index (χ3v) is 12.1. The summed E-state index contributed by atoms with van der Waals surface area (Å²) >= 11 is 3.71. The van der Waals surface area contributed by atoms with Crippen LogP contribution in [0.25, 0.3) is 106 Å². The van der Waals surface area contributed by atoms with Gasteiger partial charge in [-0.05, 0) is 47.5 Å². The zero-order valence-electron chi connectivity index (χ0n) is 24.8. The molecule has 5 aromatic heterocycles. The van der Waals surface area contributed by atoms with Crippen LogP contribution in [0.3, 0.4) is 0 Å². The van der Waals surface area contributed by atoms with Crippen molar-refractivity contribution in [1.82, 2.24) is 9.97 Å². The van der Waals surface area contributed by atoms with Crippen molar-refractivity contribution in [2.75, 3.05) is 0 Å². The van der Waals surface area contributed by atoms with Gasteiger partial charge in [0.2, 0.25) is 0 Å². The SMILES string of the molecule is c1ccc2c(c1)sc1c(-c3cc4c5cc(-c6cccc7c6sc6ccccc67)c6cnccc6c5oc4c4ccncc34)cccc12. The van der Waals surface area contributed by atoms with Gasteiger partial charge in [-0.2, -0.15) is 0 Å². The van der Waals surface area contributed by atoms with Crippen LogP contribution >= 0.6 is 22.7 Å². The van der Waals surface area contributed by atoms with E-state index in [9.17, 15) is 0 Å². The topological polar surface area (TPSA) is 38.9 Å². The van der Waals surface area contributed by atoms with E-state index >= 15 is 0 Å². The summed E-state index contributed by atoms with van der Waals surface area (Å²) in [7, 11) is 0. The molecule has 0 spiro atoms. The van der Waals surface area contributed by atoms with Crippen molar-refractivity contribution < 1.29 is 4.42 Å². The fourth-order valence-corrected chi connectivity index (χ4v) is 10.0. The first-order chi connectivity index (χ1) is 23.3. The molecule has 11 aromatic rings. The monoisotopic (exact) mass is 634 g/mol. The van der Waals surface area contributed by atoms with Gasteiger partial charge in [-0.15, -0.1) is 22.7 Å². The minimum atomic E-state index is 0.889. The van der Waals surface area contributed by atoms with E-state index in [0.717, 1.165) is 43.5 Å². The predicted molar refractivity (Wildman–Crippen MR) is 201 cm³/mol. The summed E-state index contributed by atoms with van der Waals surface area (Å²) < 4.78 is 12.1. The van der Waals surface area contributed by atoms with Gasteiger partial charge in [0.25, 0.3) is 0 Å². The van der Waals surface area contributed by atoms with Crippen molar-refractivity contribution in [1.29, 1.82) is 0 Å². The summed E-state index contributed by atoms with van der Waals surface area (Å²) in [4.78, 5) is 9.18. The maximum absolute atomic E-state index is 6.88. The van der Waals surface area contributed by atoms with Gasteiger partial charge < -0.3 is 4.42 Å². The van der Waals surface area contributed by atoms with E-state index in [1.807, 2.05) is 47.5 Å². The minimum Gasteiger partial charge on any atom is -0.455 e. The second kappa shape index (κ2) is 9.46. The fraction of sp³-hybridized carbons (Fsp3) is 0. The zero-order valence-corrected chi connectivity index (χ0v) is 26.5. The molecular formula is C42H22N2OS2. The molecule has 218 valence electrons. The Morgan fingerprint density at radius 3 is 1.36 bits per heavy atom. The van der Waals surface area contributed by atoms with Crippen molar-refractivity contribution in [3.63, 3.8) is 0 Å². The Balaban J connectivity index is 1.28. The van der Waals surface area contributed by atoms with Gasteiger partial charge in [0.15, 0.2) is 0 Å². The van der Waals surface area contributed by atoms with Crippen molar-refractivity contribution in [3.05, 3.63) is 134 Å². The number of aromatic nitrogens is 2. The van der Waals surface area contributed by atoms with Crippen LogP contribution in [0.5, 0.6) is 0 Å². The molecule has 0 N–H and O–H groups in total. The highest BCUT2D eigenvalue weighted by atomic mass is 32.1. The van der Waals surface area contributed by atoms with E-state index in [2.05, 4.69) is 119 Å². The number of hydrogen-bond acceptors (Lipinski definition) is 5. The highest BCUT2D eigenvalue weighted by molar-refractivity contribution is 7.26. The quantitative estimate of drug-likeness (QED) is 0.190. The first kappa shape index (κ1) is 25.6. The maximum atomic E-state index is 6.88. The normalized spacial score (nSPS) is 12.3. The number of thiophene rings is 2. The Morgan fingerprint density at radius 1 is 0.383 bits per heavy atom. The summed E-state index contributed by atoms with van der Waals surface area (Å²) in [5, 5.41) is 11.7. The molecule has 0 aliphatic carbocycles. The lowest BCUT2D eigenvalue weighted by Gasteiger charge is -2.10. The predicted octanol–water partition coefficient (Wildman–Crippen LogP) is 12.8. The number of furan rings is 1. The molecule has 0 aliphatic heterocycles. The second-order valence-corrected chi connectivity index (χ2v) is 14.2. The number of pyridine rings is 2. The number of fused-ring (bicyclic) bond motifs is 13. The van der Waals surface area contributed by atoms with E-state index in [1.54, 1.807) is 0 Å². The van der Waals surface area contributed by atoms with E-state index in [1.165, 1.54) is 62.6 Å². The minimum absolute atomic E-state index is 0.889. The Hall–Kier alpha value is -5.62. The molecule has 11 rings (SSSR count). The van der Waals surface area contributed by atoms with Crippen LogP contribution in [-0.4, -0.2) is 9.97 Å². The smallest absolute Gasteiger partial charge is 0.143 e. The van der Waals surface area contributed by atoms with Gasteiger partial charge in [-0.3, -0.25) is 9.97 Å². The summed E-state index contributed by atoms with van der Waals surface area (Å²) in [5.41, 5.74) is 6.56. The van der Waals surface area contributed by atoms with Gasteiger partial charge in [-0.25, -0.2) is 0 Å². The lowest BCUT2D eigenvalue weighted by molar-refractivity contribution is 0.676. The first-order valence-corrected chi connectivity index (χ1v) is 17.3. The molecule has 0 aliphatic rings. The molecule has 0 bridgehead atoms. The van der Waals surface area contributed by atoms with E-state index < -0.39 is 0 Å². The average molecular weight is 635 g/mol. The lowest BCUT2D eigenvalue weighted by Crippen LogP contribution is -1.86.